The van der Waals surface area contributed by atoms with Crippen LogP contribution in [-0.2, 0) is 20.2 Å². The van der Waals surface area contributed by atoms with E-state index in [1.54, 1.807) is 42.5 Å². The van der Waals surface area contributed by atoms with Gasteiger partial charge < -0.3 is 9.72 Å². The van der Waals surface area contributed by atoms with E-state index in [4.69, 9.17) is 4.74 Å². The molecule has 1 saturated carbocycles. The van der Waals surface area contributed by atoms with Crippen molar-refractivity contribution in [2.45, 2.75) is 56.8 Å². The molecule has 3 aromatic carbocycles. The van der Waals surface area contributed by atoms with Crippen LogP contribution >= 0.6 is 0 Å². The fraction of sp³-hybridized carbons (Fsp3) is 0.382. The van der Waals surface area contributed by atoms with Gasteiger partial charge in [0, 0.05) is 41.3 Å². The molecule has 0 radical (unpaired) electrons. The highest BCUT2D eigenvalue weighted by molar-refractivity contribution is 7.92. The number of benzene rings is 3. The summed E-state index contributed by atoms with van der Waals surface area (Å²) in [5, 5.41) is 0.661. The van der Waals surface area contributed by atoms with Crippen molar-refractivity contribution in [1.29, 1.82) is 0 Å². The number of anilines is 1. The van der Waals surface area contributed by atoms with Crippen molar-refractivity contribution >= 4 is 32.4 Å². The van der Waals surface area contributed by atoms with Crippen molar-refractivity contribution in [3.8, 4) is 11.1 Å². The number of ketones is 1. The number of fused-ring (bicyclic) bond motifs is 1. The van der Waals surface area contributed by atoms with E-state index in [1.807, 2.05) is 12.1 Å². The molecule has 2 unspecified atom stereocenters. The predicted molar refractivity (Wildman–Crippen MR) is 164 cm³/mol. The standard InChI is InChI=1S/C34H37FN2O4S/c1-34(2,3)23-7-10-26(11-8-23)42(39,40)37-25-9-14-30-29(20-25)31(22-5-4-6-24(35)19-22)32(36-30)33(38)28-13-12-27(28)21-15-17-41-18-16-21/h4-11,14,19-21,27-28,36-37H,12-13,15-18H2,1-3H3. The summed E-state index contributed by atoms with van der Waals surface area (Å²) < 4.78 is 49.3. The van der Waals surface area contributed by atoms with Crippen molar-refractivity contribution < 1.29 is 22.3 Å². The molecule has 2 atom stereocenters. The maximum absolute atomic E-state index is 14.4. The fourth-order valence-electron chi connectivity index (χ4n) is 6.48. The number of ether oxygens (including phenoxy) is 1. The predicted octanol–water partition coefficient (Wildman–Crippen LogP) is 7.71. The Kier molecular flexibility index (Phi) is 7.48. The summed E-state index contributed by atoms with van der Waals surface area (Å²) in [6, 6.07) is 18.3. The van der Waals surface area contributed by atoms with E-state index in [-0.39, 0.29) is 22.0 Å². The largest absolute Gasteiger partial charge is 0.381 e. The van der Waals surface area contributed by atoms with E-state index in [2.05, 4.69) is 30.5 Å². The van der Waals surface area contributed by atoms with E-state index >= 15 is 0 Å². The Morgan fingerprint density at radius 1 is 0.952 bits per heavy atom. The summed E-state index contributed by atoms with van der Waals surface area (Å²) in [6.45, 7) is 7.70. The summed E-state index contributed by atoms with van der Waals surface area (Å²) in [7, 11) is -3.86. The Balaban J connectivity index is 1.36. The number of sulfonamides is 1. The molecule has 1 saturated heterocycles. The first-order valence-electron chi connectivity index (χ1n) is 14.7. The van der Waals surface area contributed by atoms with Gasteiger partial charge in [-0.05, 0) is 96.5 Å². The van der Waals surface area contributed by atoms with Gasteiger partial charge in [-0.2, -0.15) is 0 Å². The summed E-state index contributed by atoms with van der Waals surface area (Å²) >= 11 is 0. The molecule has 2 heterocycles. The molecule has 6 rings (SSSR count). The Morgan fingerprint density at radius 2 is 1.69 bits per heavy atom. The van der Waals surface area contributed by atoms with Crippen molar-refractivity contribution in [3.63, 3.8) is 0 Å². The number of hydrogen-bond donors (Lipinski definition) is 2. The van der Waals surface area contributed by atoms with Crippen molar-refractivity contribution in [2.24, 2.45) is 17.8 Å². The molecule has 4 aromatic rings. The molecule has 2 fully saturated rings. The number of aromatic amines is 1. The minimum atomic E-state index is -3.86. The summed E-state index contributed by atoms with van der Waals surface area (Å²) in [4.78, 5) is 17.5. The third-order valence-corrected chi connectivity index (χ3v) is 10.4. The molecule has 2 aliphatic rings. The van der Waals surface area contributed by atoms with Gasteiger partial charge >= 0.3 is 0 Å². The van der Waals surface area contributed by atoms with Gasteiger partial charge in [0.05, 0.1) is 10.6 Å². The Morgan fingerprint density at radius 3 is 2.33 bits per heavy atom. The van der Waals surface area contributed by atoms with Gasteiger partial charge in [0.25, 0.3) is 10.0 Å². The highest BCUT2D eigenvalue weighted by Crippen LogP contribution is 2.46. The fourth-order valence-corrected chi connectivity index (χ4v) is 7.53. The Bertz CT molecular complexity index is 1730. The maximum Gasteiger partial charge on any atom is 0.261 e. The second-order valence-electron chi connectivity index (χ2n) is 12.7. The van der Waals surface area contributed by atoms with Gasteiger partial charge in [0.15, 0.2) is 5.78 Å². The van der Waals surface area contributed by atoms with E-state index in [0.717, 1.165) is 44.5 Å². The first kappa shape index (κ1) is 28.6. The van der Waals surface area contributed by atoms with Crippen LogP contribution in [0.25, 0.3) is 22.0 Å². The molecule has 0 bridgehead atoms. The number of Topliss-reactive ketones (excluding diaryl/α,β-unsaturated/α-hetero) is 1. The van der Waals surface area contributed by atoms with Crippen LogP contribution in [-0.4, -0.2) is 32.4 Å². The van der Waals surface area contributed by atoms with Gasteiger partial charge in [0.1, 0.15) is 5.82 Å². The molecule has 42 heavy (non-hydrogen) atoms. The van der Waals surface area contributed by atoms with E-state index in [1.165, 1.54) is 12.1 Å². The zero-order chi connectivity index (χ0) is 29.6. The van der Waals surface area contributed by atoms with Crippen LogP contribution in [0.3, 0.4) is 0 Å². The molecular formula is C34H37FN2O4S. The quantitative estimate of drug-likeness (QED) is 0.217. The minimum Gasteiger partial charge on any atom is -0.381 e. The number of carbonyl (C=O) groups excluding carboxylic acids is 1. The minimum absolute atomic E-state index is 0.0364. The smallest absolute Gasteiger partial charge is 0.261 e. The normalized spacial score (nSPS) is 19.9. The average molecular weight is 589 g/mol. The topological polar surface area (TPSA) is 88.3 Å². The van der Waals surface area contributed by atoms with E-state index in [9.17, 15) is 17.6 Å². The first-order chi connectivity index (χ1) is 20.0. The molecule has 2 N–H and O–H groups in total. The summed E-state index contributed by atoms with van der Waals surface area (Å²) in [5.41, 5.74) is 3.63. The van der Waals surface area contributed by atoms with Gasteiger partial charge in [-0.1, -0.05) is 45.0 Å². The SMILES string of the molecule is CC(C)(C)c1ccc(S(=O)(=O)Nc2ccc3[nH]c(C(=O)C4CCC4C4CCOCC4)c(-c4cccc(F)c4)c3c2)cc1. The maximum atomic E-state index is 14.4. The van der Waals surface area contributed by atoms with Crippen LogP contribution in [0, 0.1) is 23.6 Å². The highest BCUT2D eigenvalue weighted by atomic mass is 32.2. The molecule has 1 aliphatic carbocycles. The number of carbonyl (C=O) groups is 1. The van der Waals surface area contributed by atoms with Crippen LogP contribution in [0.1, 0.15) is 62.5 Å². The van der Waals surface area contributed by atoms with Crippen LogP contribution in [0.15, 0.2) is 71.6 Å². The van der Waals surface area contributed by atoms with Gasteiger partial charge in [-0.3, -0.25) is 9.52 Å². The van der Waals surface area contributed by atoms with Gasteiger partial charge in [0.2, 0.25) is 0 Å². The Labute approximate surface area is 246 Å². The van der Waals surface area contributed by atoms with Gasteiger partial charge in [-0.15, -0.1) is 0 Å². The van der Waals surface area contributed by atoms with Crippen molar-refractivity contribution in [3.05, 3.63) is 83.8 Å². The van der Waals surface area contributed by atoms with Crippen molar-refractivity contribution in [2.75, 3.05) is 17.9 Å². The number of rotatable bonds is 7. The average Bonchev–Trinajstić information content (AvgIpc) is 3.31. The number of halogens is 1. The second kappa shape index (κ2) is 11.0. The molecule has 0 spiro atoms. The zero-order valence-corrected chi connectivity index (χ0v) is 25.1. The lowest BCUT2D eigenvalue weighted by Gasteiger charge is -2.42. The highest BCUT2D eigenvalue weighted by Gasteiger charge is 2.43. The first-order valence-corrected chi connectivity index (χ1v) is 16.2. The van der Waals surface area contributed by atoms with Gasteiger partial charge in [-0.25, -0.2) is 12.8 Å². The number of H-pyrrole nitrogens is 1. The van der Waals surface area contributed by atoms with Crippen LogP contribution in [0.2, 0.25) is 0 Å². The third kappa shape index (κ3) is 5.50. The Hall–Kier alpha value is -3.49. The van der Waals surface area contributed by atoms with Crippen LogP contribution < -0.4 is 4.72 Å². The lowest BCUT2D eigenvalue weighted by atomic mass is 9.63. The van der Waals surface area contributed by atoms with Crippen LogP contribution in [0.5, 0.6) is 0 Å². The van der Waals surface area contributed by atoms with Crippen LogP contribution in [0.4, 0.5) is 10.1 Å². The molecular weight excluding hydrogens is 551 g/mol. The number of nitrogens with one attached hydrogen (secondary N) is 2. The van der Waals surface area contributed by atoms with E-state index in [0.29, 0.717) is 45.2 Å². The monoisotopic (exact) mass is 588 g/mol. The molecule has 220 valence electrons. The molecule has 6 nitrogen and oxygen atoms in total. The van der Waals surface area contributed by atoms with E-state index < -0.39 is 15.8 Å². The summed E-state index contributed by atoms with van der Waals surface area (Å²) in [5.74, 6) is 0.332. The number of aromatic nitrogens is 1. The second-order valence-corrected chi connectivity index (χ2v) is 14.4. The lowest BCUT2D eigenvalue weighted by Crippen LogP contribution is -2.40. The van der Waals surface area contributed by atoms with Crippen molar-refractivity contribution in [1.82, 2.24) is 4.98 Å². The molecule has 8 heteroatoms. The summed E-state index contributed by atoms with van der Waals surface area (Å²) in [6.07, 6.45) is 3.80. The number of hydrogen-bond acceptors (Lipinski definition) is 4. The lowest BCUT2D eigenvalue weighted by molar-refractivity contribution is 0.00629. The molecule has 1 aliphatic heterocycles. The third-order valence-electron chi connectivity index (χ3n) is 8.98. The molecule has 0 amide bonds. The molecule has 1 aromatic heterocycles. The zero-order valence-electron chi connectivity index (χ0n) is 24.2.